The molecule has 0 bridgehead atoms. The molecule has 0 fully saturated rings. The SMILES string of the molecule is CN1C(=O)C2(C(C(C)(C)C)=Nc3ccccc32)c2cc(F)ccc21. The number of nitrogens with zero attached hydrogens (tertiary/aromatic N) is 2. The summed E-state index contributed by atoms with van der Waals surface area (Å²) in [4.78, 5) is 19.9. The van der Waals surface area contributed by atoms with E-state index in [0.717, 1.165) is 22.6 Å². The highest BCUT2D eigenvalue weighted by atomic mass is 19.1. The first kappa shape index (κ1) is 15.1. The van der Waals surface area contributed by atoms with Crippen molar-refractivity contribution in [2.45, 2.75) is 26.2 Å². The predicted molar refractivity (Wildman–Crippen MR) is 93.6 cm³/mol. The molecule has 1 atom stereocenters. The number of para-hydroxylation sites is 1. The Hall–Kier alpha value is -2.49. The third-order valence-electron chi connectivity index (χ3n) is 4.96. The number of hydrogen-bond donors (Lipinski definition) is 0. The number of hydrogen-bond acceptors (Lipinski definition) is 2. The highest BCUT2D eigenvalue weighted by Gasteiger charge is 2.60. The van der Waals surface area contributed by atoms with Gasteiger partial charge in [0.05, 0.1) is 5.69 Å². The fourth-order valence-corrected chi connectivity index (χ4v) is 4.02. The van der Waals surface area contributed by atoms with Crippen molar-refractivity contribution in [3.63, 3.8) is 0 Å². The zero-order valence-corrected chi connectivity index (χ0v) is 14.2. The predicted octanol–water partition coefficient (Wildman–Crippen LogP) is 4.22. The molecule has 0 N–H and O–H groups in total. The van der Waals surface area contributed by atoms with E-state index in [4.69, 9.17) is 4.99 Å². The van der Waals surface area contributed by atoms with Crippen LogP contribution < -0.4 is 4.90 Å². The fourth-order valence-electron chi connectivity index (χ4n) is 4.02. The smallest absolute Gasteiger partial charge is 0.247 e. The molecule has 1 unspecified atom stereocenters. The summed E-state index contributed by atoms with van der Waals surface area (Å²) in [5, 5.41) is 0. The number of amides is 1. The molecule has 3 nitrogen and oxygen atoms in total. The van der Waals surface area contributed by atoms with Gasteiger partial charge in [0.15, 0.2) is 0 Å². The van der Waals surface area contributed by atoms with Gasteiger partial charge in [0.1, 0.15) is 11.2 Å². The van der Waals surface area contributed by atoms with Gasteiger partial charge >= 0.3 is 0 Å². The van der Waals surface area contributed by atoms with E-state index < -0.39 is 5.41 Å². The standard InChI is InChI=1S/C20H19FN2O/c1-19(2,3)17-20(13-7-5-6-8-15(13)22-17)14-11-12(21)9-10-16(14)23(4)18(20)24/h5-11H,1-4H3. The molecule has 4 heteroatoms. The van der Waals surface area contributed by atoms with Crippen LogP contribution in [0.4, 0.5) is 15.8 Å². The number of carbonyl (C=O) groups is 1. The Morgan fingerprint density at radius 2 is 1.79 bits per heavy atom. The van der Waals surface area contributed by atoms with Gasteiger partial charge in [0.2, 0.25) is 5.91 Å². The molecule has 24 heavy (non-hydrogen) atoms. The van der Waals surface area contributed by atoms with Crippen LogP contribution in [0.15, 0.2) is 47.5 Å². The minimum Gasteiger partial charge on any atom is -0.314 e. The number of carbonyl (C=O) groups excluding carboxylic acids is 1. The second-order valence-electron chi connectivity index (χ2n) is 7.50. The second-order valence-corrected chi connectivity index (χ2v) is 7.50. The number of benzene rings is 2. The van der Waals surface area contributed by atoms with Crippen molar-refractivity contribution in [3.8, 4) is 0 Å². The Balaban J connectivity index is 2.14. The van der Waals surface area contributed by atoms with Gasteiger partial charge in [-0.3, -0.25) is 9.79 Å². The molecule has 2 aromatic rings. The van der Waals surface area contributed by atoms with Crippen LogP contribution in [0.25, 0.3) is 0 Å². The minimum atomic E-state index is -1.03. The molecule has 0 saturated heterocycles. The van der Waals surface area contributed by atoms with Gasteiger partial charge in [0, 0.05) is 35.0 Å². The Bertz CT molecular complexity index is 910. The molecular weight excluding hydrogens is 303 g/mol. The van der Waals surface area contributed by atoms with Gasteiger partial charge in [-0.15, -0.1) is 0 Å². The van der Waals surface area contributed by atoms with E-state index in [2.05, 4.69) is 0 Å². The average Bonchev–Trinajstić information content (AvgIpc) is 2.98. The van der Waals surface area contributed by atoms with Crippen LogP contribution >= 0.6 is 0 Å². The highest BCUT2D eigenvalue weighted by molar-refractivity contribution is 6.29. The zero-order valence-electron chi connectivity index (χ0n) is 14.2. The number of anilines is 1. The van der Waals surface area contributed by atoms with Crippen molar-refractivity contribution < 1.29 is 9.18 Å². The van der Waals surface area contributed by atoms with Gasteiger partial charge in [-0.25, -0.2) is 4.39 Å². The lowest BCUT2D eigenvalue weighted by molar-refractivity contribution is -0.119. The van der Waals surface area contributed by atoms with E-state index in [0.29, 0.717) is 5.56 Å². The lowest BCUT2D eigenvalue weighted by atomic mass is 9.66. The highest BCUT2D eigenvalue weighted by Crippen LogP contribution is 2.55. The van der Waals surface area contributed by atoms with Gasteiger partial charge in [-0.1, -0.05) is 39.0 Å². The summed E-state index contributed by atoms with van der Waals surface area (Å²) in [6.07, 6.45) is 0. The summed E-state index contributed by atoms with van der Waals surface area (Å²) < 4.78 is 14.1. The lowest BCUT2D eigenvalue weighted by Crippen LogP contribution is -2.48. The molecule has 1 amide bonds. The molecule has 0 aliphatic carbocycles. The fraction of sp³-hybridized carbons (Fsp3) is 0.300. The van der Waals surface area contributed by atoms with Crippen molar-refractivity contribution in [1.82, 2.24) is 0 Å². The summed E-state index contributed by atoms with van der Waals surface area (Å²) in [5.74, 6) is -0.407. The summed E-state index contributed by atoms with van der Waals surface area (Å²) in [7, 11) is 1.75. The van der Waals surface area contributed by atoms with Crippen molar-refractivity contribution in [1.29, 1.82) is 0 Å². The van der Waals surface area contributed by atoms with Crippen LogP contribution in [0.2, 0.25) is 0 Å². The molecular formula is C20H19FN2O. The van der Waals surface area contributed by atoms with E-state index >= 15 is 0 Å². The molecule has 0 radical (unpaired) electrons. The molecule has 0 aromatic heterocycles. The van der Waals surface area contributed by atoms with E-state index in [1.165, 1.54) is 12.1 Å². The maximum absolute atomic E-state index is 14.1. The molecule has 122 valence electrons. The zero-order chi connectivity index (χ0) is 17.3. The number of halogens is 1. The Labute approximate surface area is 140 Å². The monoisotopic (exact) mass is 322 g/mol. The lowest BCUT2D eigenvalue weighted by Gasteiger charge is -2.33. The van der Waals surface area contributed by atoms with Crippen LogP contribution in [0.5, 0.6) is 0 Å². The quantitative estimate of drug-likeness (QED) is 0.715. The number of likely N-dealkylation sites (N-methyl/N-ethyl adjacent to an activating group) is 1. The van der Waals surface area contributed by atoms with Crippen LogP contribution in [-0.2, 0) is 10.2 Å². The van der Waals surface area contributed by atoms with Gasteiger partial charge in [-0.05, 0) is 24.3 Å². The van der Waals surface area contributed by atoms with Crippen LogP contribution in [0.1, 0.15) is 31.9 Å². The maximum Gasteiger partial charge on any atom is 0.247 e. The summed E-state index contributed by atoms with van der Waals surface area (Å²) >= 11 is 0. The van der Waals surface area contributed by atoms with E-state index in [1.807, 2.05) is 45.0 Å². The molecule has 2 aliphatic rings. The topological polar surface area (TPSA) is 32.7 Å². The molecule has 2 heterocycles. The van der Waals surface area contributed by atoms with Crippen LogP contribution in [0.3, 0.4) is 0 Å². The molecule has 2 aromatic carbocycles. The van der Waals surface area contributed by atoms with Gasteiger partial charge < -0.3 is 4.90 Å². The van der Waals surface area contributed by atoms with Gasteiger partial charge in [0.25, 0.3) is 0 Å². The molecule has 4 rings (SSSR count). The first-order valence-electron chi connectivity index (χ1n) is 8.05. The third kappa shape index (κ3) is 1.66. The van der Waals surface area contributed by atoms with Crippen LogP contribution in [-0.4, -0.2) is 18.7 Å². The van der Waals surface area contributed by atoms with E-state index in [9.17, 15) is 9.18 Å². The van der Waals surface area contributed by atoms with Crippen molar-refractivity contribution in [2.24, 2.45) is 10.4 Å². The second kappa shape index (κ2) is 4.53. The number of aliphatic imine (C=N–C) groups is 1. The number of fused-ring (bicyclic) bond motifs is 4. The first-order chi connectivity index (χ1) is 11.3. The largest absolute Gasteiger partial charge is 0.314 e. The van der Waals surface area contributed by atoms with Crippen molar-refractivity contribution in [2.75, 3.05) is 11.9 Å². The Morgan fingerprint density at radius 3 is 2.50 bits per heavy atom. The van der Waals surface area contributed by atoms with Crippen LogP contribution in [0, 0.1) is 11.2 Å². The Morgan fingerprint density at radius 1 is 1.08 bits per heavy atom. The molecule has 1 spiro atoms. The van der Waals surface area contributed by atoms with E-state index in [-0.39, 0.29) is 17.1 Å². The minimum absolute atomic E-state index is 0.0678. The van der Waals surface area contributed by atoms with E-state index in [1.54, 1.807) is 18.0 Å². The first-order valence-corrected chi connectivity index (χ1v) is 8.05. The molecule has 2 aliphatic heterocycles. The Kier molecular flexibility index (Phi) is 2.84. The number of rotatable bonds is 0. The maximum atomic E-state index is 14.1. The molecule has 0 saturated carbocycles. The van der Waals surface area contributed by atoms with Gasteiger partial charge in [-0.2, -0.15) is 0 Å². The van der Waals surface area contributed by atoms with Crippen molar-refractivity contribution in [3.05, 3.63) is 59.4 Å². The third-order valence-corrected chi connectivity index (χ3v) is 4.96. The van der Waals surface area contributed by atoms with Crippen molar-refractivity contribution >= 4 is 23.0 Å². The average molecular weight is 322 g/mol. The summed E-state index contributed by atoms with van der Waals surface area (Å²) in [6, 6.07) is 12.2. The summed E-state index contributed by atoms with van der Waals surface area (Å²) in [6.45, 7) is 6.14. The normalized spacial score (nSPS) is 22.0. The summed E-state index contributed by atoms with van der Waals surface area (Å²) in [5.41, 5.74) is 2.49.